The normalized spacial score (nSPS) is 16.2. The number of hydrogen-bond acceptors (Lipinski definition) is 9. The zero-order chi connectivity index (χ0) is 27.6. The number of piperidine rings is 1. The summed E-state index contributed by atoms with van der Waals surface area (Å²) in [5.74, 6) is 0.602. The topological polar surface area (TPSA) is 108 Å². The number of hydrogen-bond donors (Lipinski definition) is 2. The molecule has 1 aromatic heterocycles. The second-order valence-electron chi connectivity index (χ2n) is 9.84. The maximum atomic E-state index is 13.5. The molecule has 2 aliphatic heterocycles. The van der Waals surface area contributed by atoms with E-state index in [1.807, 2.05) is 54.2 Å². The summed E-state index contributed by atoms with van der Waals surface area (Å²) in [4.78, 5) is 35.2. The van der Waals surface area contributed by atoms with Gasteiger partial charge < -0.3 is 19.3 Å². The zero-order valence-electron chi connectivity index (χ0n) is 22.2. The number of ether oxygens (including phenoxy) is 2. The van der Waals surface area contributed by atoms with Gasteiger partial charge in [0.05, 0.1) is 35.1 Å². The molecule has 204 valence electrons. The van der Waals surface area contributed by atoms with E-state index < -0.39 is 0 Å². The molecule has 0 unspecified atom stereocenters. The predicted octanol–water partition coefficient (Wildman–Crippen LogP) is 5.24. The van der Waals surface area contributed by atoms with Crippen molar-refractivity contribution in [1.82, 2.24) is 9.88 Å². The standard InChI is InChI=1S/C28H31N5O4S2/c1-32(2)19-6-4-18(5-7-19)24(34)31-27-30-17-23(39-27)38-20-8-9-22(36-3)21(16-20)25(35)33-13-10-28(11-14-33)12-15-37-26(28)29/h4-9,16-17,29H,10-15H2,1-3H3,(H,30,31,34). The Morgan fingerprint density at radius 3 is 2.54 bits per heavy atom. The van der Waals surface area contributed by atoms with Gasteiger partial charge in [0.15, 0.2) is 11.0 Å². The fourth-order valence-corrected chi connectivity index (χ4v) is 6.77. The van der Waals surface area contributed by atoms with Crippen LogP contribution in [0, 0.1) is 10.8 Å². The van der Waals surface area contributed by atoms with E-state index in [4.69, 9.17) is 14.9 Å². The molecule has 0 radical (unpaired) electrons. The number of likely N-dealkylation sites (tertiary alicyclic amines) is 1. The summed E-state index contributed by atoms with van der Waals surface area (Å²) in [6.07, 6.45) is 4.05. The van der Waals surface area contributed by atoms with Crippen LogP contribution >= 0.6 is 23.1 Å². The summed E-state index contributed by atoms with van der Waals surface area (Å²) >= 11 is 2.85. The van der Waals surface area contributed by atoms with Gasteiger partial charge in [0.1, 0.15) is 5.75 Å². The molecule has 1 spiro atoms. The number of thiazole rings is 1. The average Bonchev–Trinajstić information content (AvgIpc) is 3.54. The molecular formula is C28H31N5O4S2. The summed E-state index contributed by atoms with van der Waals surface area (Å²) in [5, 5.41) is 11.5. The molecule has 2 N–H and O–H groups in total. The van der Waals surface area contributed by atoms with Gasteiger partial charge in [-0.1, -0.05) is 23.1 Å². The van der Waals surface area contributed by atoms with Gasteiger partial charge in [0.25, 0.3) is 11.8 Å². The molecule has 9 nitrogen and oxygen atoms in total. The Morgan fingerprint density at radius 1 is 1.15 bits per heavy atom. The van der Waals surface area contributed by atoms with Crippen molar-refractivity contribution in [2.45, 2.75) is 28.4 Å². The van der Waals surface area contributed by atoms with Gasteiger partial charge in [-0.25, -0.2) is 4.98 Å². The van der Waals surface area contributed by atoms with Crippen molar-refractivity contribution in [3.63, 3.8) is 0 Å². The monoisotopic (exact) mass is 565 g/mol. The first-order valence-corrected chi connectivity index (χ1v) is 14.3. The van der Waals surface area contributed by atoms with Crippen LogP contribution in [0.1, 0.15) is 40.0 Å². The number of nitrogens with one attached hydrogen (secondary N) is 2. The minimum absolute atomic E-state index is 0.0767. The Balaban J connectivity index is 1.24. The molecule has 0 atom stereocenters. The molecule has 39 heavy (non-hydrogen) atoms. The highest BCUT2D eigenvalue weighted by Gasteiger charge is 2.44. The van der Waals surface area contributed by atoms with Crippen molar-refractivity contribution in [2.75, 3.05) is 51.1 Å². The van der Waals surface area contributed by atoms with Crippen LogP contribution in [0.15, 0.2) is 57.8 Å². The van der Waals surface area contributed by atoms with Gasteiger partial charge in [0, 0.05) is 43.3 Å². The van der Waals surface area contributed by atoms with E-state index >= 15 is 0 Å². The number of anilines is 2. The SMILES string of the molecule is COc1ccc(Sc2cnc(NC(=O)c3ccc(N(C)C)cc3)s2)cc1C(=O)N1CCC2(CCOC2=N)CC1. The van der Waals surface area contributed by atoms with Crippen LogP contribution in [0.25, 0.3) is 0 Å². The second kappa shape index (κ2) is 11.3. The van der Waals surface area contributed by atoms with E-state index in [9.17, 15) is 9.59 Å². The molecule has 2 amide bonds. The molecule has 0 aliphatic carbocycles. The maximum absolute atomic E-state index is 13.5. The number of amides is 2. The van der Waals surface area contributed by atoms with Gasteiger partial charge in [0.2, 0.25) is 0 Å². The lowest BCUT2D eigenvalue weighted by Gasteiger charge is -2.37. The number of benzene rings is 2. The summed E-state index contributed by atoms with van der Waals surface area (Å²) in [6, 6.07) is 12.9. The van der Waals surface area contributed by atoms with Crippen LogP contribution in [-0.2, 0) is 4.74 Å². The molecule has 11 heteroatoms. The zero-order valence-corrected chi connectivity index (χ0v) is 23.8. The van der Waals surface area contributed by atoms with Gasteiger partial charge in [-0.05, 0) is 61.7 Å². The molecule has 0 saturated carbocycles. The van der Waals surface area contributed by atoms with Crippen molar-refractivity contribution in [2.24, 2.45) is 5.41 Å². The van der Waals surface area contributed by atoms with Crippen LogP contribution in [0.5, 0.6) is 5.75 Å². The van der Waals surface area contributed by atoms with Crippen LogP contribution < -0.4 is 15.0 Å². The number of rotatable bonds is 7. The minimum Gasteiger partial charge on any atom is -0.496 e. The third-order valence-electron chi connectivity index (χ3n) is 7.29. The highest BCUT2D eigenvalue weighted by Crippen LogP contribution is 2.41. The Kier molecular flexibility index (Phi) is 7.81. The quantitative estimate of drug-likeness (QED) is 0.403. The Bertz CT molecular complexity index is 1380. The van der Waals surface area contributed by atoms with E-state index in [0.717, 1.165) is 34.1 Å². The highest BCUT2D eigenvalue weighted by atomic mass is 32.2. The minimum atomic E-state index is -0.217. The number of methoxy groups -OCH3 is 1. The highest BCUT2D eigenvalue weighted by molar-refractivity contribution is 8.01. The lowest BCUT2D eigenvalue weighted by atomic mass is 9.77. The van der Waals surface area contributed by atoms with Crippen LogP contribution in [0.2, 0.25) is 0 Å². The molecule has 3 heterocycles. The third kappa shape index (κ3) is 5.74. The largest absolute Gasteiger partial charge is 0.496 e. The van der Waals surface area contributed by atoms with E-state index in [1.165, 1.54) is 23.1 Å². The van der Waals surface area contributed by atoms with Crippen molar-refractivity contribution in [3.8, 4) is 5.75 Å². The summed E-state index contributed by atoms with van der Waals surface area (Å²) in [5.41, 5.74) is 1.87. The number of aromatic nitrogens is 1. The fraction of sp³-hybridized carbons (Fsp3) is 0.357. The fourth-order valence-electron chi connectivity index (χ4n) is 4.88. The van der Waals surface area contributed by atoms with Crippen LogP contribution in [-0.4, -0.2) is 68.5 Å². The lowest BCUT2D eigenvalue weighted by molar-refractivity contribution is 0.0654. The van der Waals surface area contributed by atoms with Crippen molar-refractivity contribution >= 4 is 51.6 Å². The molecule has 3 aromatic rings. The number of carbonyl (C=O) groups is 2. The average molecular weight is 566 g/mol. The maximum Gasteiger partial charge on any atom is 0.257 e. The van der Waals surface area contributed by atoms with Crippen molar-refractivity contribution < 1.29 is 19.1 Å². The number of nitrogens with zero attached hydrogens (tertiary/aromatic N) is 3. The van der Waals surface area contributed by atoms with Gasteiger partial charge in [-0.2, -0.15) is 0 Å². The van der Waals surface area contributed by atoms with Gasteiger partial charge in [-0.3, -0.25) is 20.3 Å². The molecular weight excluding hydrogens is 534 g/mol. The van der Waals surface area contributed by atoms with Crippen LogP contribution in [0.4, 0.5) is 10.8 Å². The lowest BCUT2D eigenvalue weighted by Crippen LogP contribution is -2.44. The van der Waals surface area contributed by atoms with Gasteiger partial charge >= 0.3 is 0 Å². The summed E-state index contributed by atoms with van der Waals surface area (Å²) in [6.45, 7) is 1.76. The summed E-state index contributed by atoms with van der Waals surface area (Å²) in [7, 11) is 5.47. The van der Waals surface area contributed by atoms with Crippen LogP contribution in [0.3, 0.4) is 0 Å². The first-order valence-electron chi connectivity index (χ1n) is 12.7. The van der Waals surface area contributed by atoms with E-state index in [-0.39, 0.29) is 17.2 Å². The number of carbonyl (C=O) groups excluding carboxylic acids is 2. The Labute approximate surface area is 236 Å². The first kappa shape index (κ1) is 27.0. The van der Waals surface area contributed by atoms with Gasteiger partial charge in [-0.15, -0.1) is 0 Å². The van der Waals surface area contributed by atoms with E-state index in [0.29, 0.717) is 47.6 Å². The Morgan fingerprint density at radius 2 is 1.90 bits per heavy atom. The first-order chi connectivity index (χ1) is 18.8. The van der Waals surface area contributed by atoms with Crippen molar-refractivity contribution in [3.05, 3.63) is 59.8 Å². The Hall–Kier alpha value is -3.57. The van der Waals surface area contributed by atoms with E-state index in [1.54, 1.807) is 25.4 Å². The molecule has 2 fully saturated rings. The third-order valence-corrected chi connectivity index (χ3v) is 9.29. The second-order valence-corrected chi connectivity index (χ2v) is 12.2. The molecule has 0 bridgehead atoms. The van der Waals surface area contributed by atoms with E-state index in [2.05, 4.69) is 10.3 Å². The molecule has 2 aliphatic rings. The molecule has 5 rings (SSSR count). The molecule has 2 aromatic carbocycles. The van der Waals surface area contributed by atoms with Crippen molar-refractivity contribution in [1.29, 1.82) is 5.41 Å². The molecule has 2 saturated heterocycles. The predicted molar refractivity (Wildman–Crippen MR) is 154 cm³/mol. The summed E-state index contributed by atoms with van der Waals surface area (Å²) < 4.78 is 11.8. The smallest absolute Gasteiger partial charge is 0.257 e.